The summed E-state index contributed by atoms with van der Waals surface area (Å²) in [4.78, 5) is 72.5. The van der Waals surface area contributed by atoms with Crippen LogP contribution in [0.2, 0.25) is 0 Å². The van der Waals surface area contributed by atoms with E-state index in [1.807, 2.05) is 0 Å². The monoisotopic (exact) mass is 1320 g/mol. The van der Waals surface area contributed by atoms with E-state index in [0.29, 0.717) is 31.6 Å². The zero-order valence-corrected chi connectivity index (χ0v) is 59.9. The first-order valence-electron chi connectivity index (χ1n) is 36.2. The van der Waals surface area contributed by atoms with E-state index in [4.69, 9.17) is 37.0 Å². The lowest BCUT2D eigenvalue weighted by molar-refractivity contribution is -0.161. The maximum atomic E-state index is 13.0. The summed E-state index contributed by atoms with van der Waals surface area (Å²) < 4.78 is 68.2. The molecule has 0 heterocycles. The fourth-order valence-corrected chi connectivity index (χ4v) is 11.8. The second-order valence-electron chi connectivity index (χ2n) is 26.4. The molecule has 0 saturated carbocycles. The number of aliphatic hydroxyl groups excluding tert-OH is 1. The van der Waals surface area contributed by atoms with Gasteiger partial charge >= 0.3 is 39.5 Å². The molecule has 0 amide bonds. The van der Waals surface area contributed by atoms with E-state index in [9.17, 15) is 43.2 Å². The van der Waals surface area contributed by atoms with Crippen LogP contribution in [0.1, 0.15) is 331 Å². The molecule has 0 aliphatic heterocycles. The molecule has 0 aromatic heterocycles. The van der Waals surface area contributed by atoms with Crippen LogP contribution in [-0.2, 0) is 65.4 Å². The summed E-state index contributed by atoms with van der Waals surface area (Å²) in [7, 11) is -9.92. The lowest BCUT2D eigenvalue weighted by atomic mass is 10.0. The lowest BCUT2D eigenvalue weighted by Gasteiger charge is -2.21. The molecule has 0 aromatic carbocycles. The van der Waals surface area contributed by atoms with Gasteiger partial charge in [-0.3, -0.25) is 37.3 Å². The largest absolute Gasteiger partial charge is 0.472 e. The van der Waals surface area contributed by atoms with Crippen molar-refractivity contribution < 1.29 is 80.2 Å². The molecule has 0 rings (SSSR count). The van der Waals surface area contributed by atoms with E-state index in [1.54, 1.807) is 0 Å². The molecule has 0 aromatic rings. The summed E-state index contributed by atoms with van der Waals surface area (Å²) in [6.07, 6.45) is 48.2. The third kappa shape index (κ3) is 64.3. The molecule has 0 bridgehead atoms. The maximum absolute atomic E-state index is 13.0. The Morgan fingerprint density at radius 2 is 0.600 bits per heavy atom. The lowest BCUT2D eigenvalue weighted by Crippen LogP contribution is -2.30. The van der Waals surface area contributed by atoms with Crippen molar-refractivity contribution in [2.24, 2.45) is 17.8 Å². The zero-order valence-electron chi connectivity index (χ0n) is 58.1. The molecule has 0 radical (unpaired) electrons. The van der Waals surface area contributed by atoms with Crippen LogP contribution in [0.3, 0.4) is 0 Å². The van der Waals surface area contributed by atoms with Crippen LogP contribution >= 0.6 is 15.6 Å². The minimum Gasteiger partial charge on any atom is -0.462 e. The number of esters is 4. The number of hydrogen-bond acceptors (Lipinski definition) is 15. The van der Waals surface area contributed by atoms with Crippen molar-refractivity contribution in [2.45, 2.75) is 349 Å². The second-order valence-corrected chi connectivity index (χ2v) is 29.3. The number of ether oxygens (including phenoxy) is 4. The highest BCUT2D eigenvalue weighted by Gasteiger charge is 2.30. The minimum absolute atomic E-state index is 0.0835. The van der Waals surface area contributed by atoms with E-state index < -0.39 is 97.5 Å². The Hall–Kier alpha value is -2.46. The van der Waals surface area contributed by atoms with Crippen LogP contribution in [0, 0.1) is 17.8 Å². The van der Waals surface area contributed by atoms with Gasteiger partial charge in [-0.25, -0.2) is 9.13 Å². The Labute approximate surface area is 548 Å². The van der Waals surface area contributed by atoms with Crippen molar-refractivity contribution in [3.8, 4) is 0 Å². The third-order valence-corrected chi connectivity index (χ3v) is 17.7. The summed E-state index contributed by atoms with van der Waals surface area (Å²) in [5.41, 5.74) is 0. The van der Waals surface area contributed by atoms with Crippen molar-refractivity contribution in [3.63, 3.8) is 0 Å². The Morgan fingerprint density at radius 1 is 0.344 bits per heavy atom. The predicted octanol–water partition coefficient (Wildman–Crippen LogP) is 19.8. The van der Waals surface area contributed by atoms with E-state index in [-0.39, 0.29) is 25.7 Å². The Bertz CT molecular complexity index is 1860. The first kappa shape index (κ1) is 87.5. The van der Waals surface area contributed by atoms with Crippen LogP contribution in [0.4, 0.5) is 0 Å². The molecule has 0 aliphatic rings. The fourth-order valence-electron chi connectivity index (χ4n) is 10.2. The summed E-state index contributed by atoms with van der Waals surface area (Å²) in [5, 5.41) is 10.6. The summed E-state index contributed by atoms with van der Waals surface area (Å²) >= 11 is 0. The summed E-state index contributed by atoms with van der Waals surface area (Å²) in [6.45, 7) is 11.7. The summed E-state index contributed by atoms with van der Waals surface area (Å²) in [5.74, 6) is 0.0175. The molecular formula is C71H134O17P2. The molecule has 19 heteroatoms. The van der Waals surface area contributed by atoms with Crippen LogP contribution in [0.5, 0.6) is 0 Å². The SMILES string of the molecule is CCCCCC/C=C\C=C/CCCCCCCC(=O)O[C@H](COC(=O)CCCCCCCCC(C)C)COP(=O)(O)OC[C@H](O)COP(=O)(O)OC[C@@H](COC(=O)CCCCCCCCCCC(C)C)OC(=O)CCCCCCCCCCCCCCC(C)C. The van der Waals surface area contributed by atoms with Gasteiger partial charge in [0, 0.05) is 25.7 Å². The number of aliphatic hydroxyl groups is 1. The van der Waals surface area contributed by atoms with Gasteiger partial charge < -0.3 is 33.8 Å². The molecule has 3 N–H and O–H groups in total. The molecule has 90 heavy (non-hydrogen) atoms. The van der Waals surface area contributed by atoms with Gasteiger partial charge in [0.05, 0.1) is 26.4 Å². The van der Waals surface area contributed by atoms with Gasteiger partial charge in [0.2, 0.25) is 0 Å². The number of phosphoric acid groups is 2. The number of carbonyl (C=O) groups is 4. The van der Waals surface area contributed by atoms with Gasteiger partial charge in [-0.15, -0.1) is 0 Å². The fraction of sp³-hybridized carbons (Fsp3) is 0.887. The first-order valence-corrected chi connectivity index (χ1v) is 39.2. The minimum atomic E-state index is -4.96. The molecule has 530 valence electrons. The number of phosphoric ester groups is 2. The van der Waals surface area contributed by atoms with Gasteiger partial charge in [0.25, 0.3) is 0 Å². The van der Waals surface area contributed by atoms with Gasteiger partial charge in [-0.1, -0.05) is 278 Å². The molecule has 17 nitrogen and oxygen atoms in total. The van der Waals surface area contributed by atoms with Gasteiger partial charge in [0.15, 0.2) is 12.2 Å². The molecule has 0 saturated heterocycles. The highest BCUT2D eigenvalue weighted by molar-refractivity contribution is 7.47. The number of carbonyl (C=O) groups excluding carboxylic acids is 4. The highest BCUT2D eigenvalue weighted by Crippen LogP contribution is 2.45. The summed E-state index contributed by atoms with van der Waals surface area (Å²) in [6, 6.07) is 0. The molecule has 2 unspecified atom stereocenters. The Balaban J connectivity index is 5.27. The molecular weight excluding hydrogens is 1190 g/mol. The number of hydrogen-bond donors (Lipinski definition) is 3. The smallest absolute Gasteiger partial charge is 0.462 e. The number of rotatable bonds is 67. The van der Waals surface area contributed by atoms with E-state index in [2.05, 4.69) is 72.8 Å². The Kier molecular flexibility index (Phi) is 59.7. The standard InChI is InChI=1S/C71H134O17P2/c1-8-9-10-11-12-13-14-15-16-17-21-24-31-40-47-54-71(76)88-67(59-82-69(74)53-46-39-34-33-37-44-51-64(6)7)61-86-90(79,80)84-57-65(72)56-83-89(77,78)85-60-66(58-81-68(73)52-45-38-30-27-26-29-36-43-50-63(4)5)87-70(75)55-48-41-32-25-22-19-18-20-23-28-35-42-49-62(2)3/h13-16,62-67,72H,8-12,17-61H2,1-7H3,(H,77,78)(H,79,80)/b14-13-,16-15-/t65-,66-,67-/m1/s1. The molecule has 0 fully saturated rings. The Morgan fingerprint density at radius 3 is 0.900 bits per heavy atom. The predicted molar refractivity (Wildman–Crippen MR) is 363 cm³/mol. The molecule has 0 aliphatic carbocycles. The van der Waals surface area contributed by atoms with Crippen molar-refractivity contribution >= 4 is 39.5 Å². The van der Waals surface area contributed by atoms with E-state index in [0.717, 1.165) is 121 Å². The van der Waals surface area contributed by atoms with Crippen LogP contribution in [0.25, 0.3) is 0 Å². The first-order chi connectivity index (χ1) is 43.2. The van der Waals surface area contributed by atoms with E-state index in [1.165, 1.54) is 122 Å². The second kappa shape index (κ2) is 61.4. The average molecular weight is 1320 g/mol. The quantitative estimate of drug-likeness (QED) is 0.0169. The number of allylic oxidation sites excluding steroid dienone is 4. The van der Waals surface area contributed by atoms with Gasteiger partial charge in [0.1, 0.15) is 19.3 Å². The van der Waals surface area contributed by atoms with Crippen molar-refractivity contribution in [2.75, 3.05) is 39.6 Å². The number of unbranched alkanes of at least 4 members (excludes halogenated alkanes) is 32. The van der Waals surface area contributed by atoms with Crippen molar-refractivity contribution in [1.82, 2.24) is 0 Å². The van der Waals surface area contributed by atoms with Crippen LogP contribution in [-0.4, -0.2) is 96.7 Å². The van der Waals surface area contributed by atoms with Crippen molar-refractivity contribution in [1.29, 1.82) is 0 Å². The molecule has 0 spiro atoms. The van der Waals surface area contributed by atoms with Gasteiger partial charge in [-0.05, 0) is 69.1 Å². The molecule has 5 atom stereocenters. The normalized spacial score (nSPS) is 14.4. The average Bonchev–Trinajstić information content (AvgIpc) is 3.70. The maximum Gasteiger partial charge on any atom is 0.472 e. The van der Waals surface area contributed by atoms with Crippen LogP contribution in [0.15, 0.2) is 24.3 Å². The van der Waals surface area contributed by atoms with E-state index >= 15 is 0 Å². The zero-order chi connectivity index (χ0) is 66.6. The van der Waals surface area contributed by atoms with Crippen LogP contribution < -0.4 is 0 Å². The highest BCUT2D eigenvalue weighted by atomic mass is 31.2. The van der Waals surface area contributed by atoms with Crippen molar-refractivity contribution in [3.05, 3.63) is 24.3 Å². The van der Waals surface area contributed by atoms with Gasteiger partial charge in [-0.2, -0.15) is 0 Å². The topological polar surface area (TPSA) is 237 Å². The third-order valence-electron chi connectivity index (χ3n) is 15.8.